The van der Waals surface area contributed by atoms with Crippen molar-refractivity contribution in [2.75, 3.05) is 13.7 Å². The number of ether oxygens (including phenoxy) is 1. The van der Waals surface area contributed by atoms with E-state index in [0.717, 1.165) is 38.6 Å². The molecule has 0 N–H and O–H groups in total. The lowest BCUT2D eigenvalue weighted by atomic mass is 9.95. The lowest BCUT2D eigenvalue weighted by Gasteiger charge is -2.28. The normalized spacial score (nSPS) is 26.5. The third-order valence-electron chi connectivity index (χ3n) is 4.86. The van der Waals surface area contributed by atoms with E-state index < -0.39 is 0 Å². The molecule has 1 saturated carbocycles. The number of carbonyl (C=O) groups excluding carboxylic acids is 1. The molecule has 2 fully saturated rings. The first-order valence-corrected chi connectivity index (χ1v) is 7.78. The summed E-state index contributed by atoms with van der Waals surface area (Å²) in [4.78, 5) is 14.3. The molecule has 3 nitrogen and oxygen atoms in total. The number of Topliss-reactive ketones (excluding diaryl/α,β-unsaturated/α-hetero) is 1. The lowest BCUT2D eigenvalue weighted by molar-refractivity contribution is -0.122. The maximum atomic E-state index is 14.1. The van der Waals surface area contributed by atoms with Crippen LogP contribution in [0.2, 0.25) is 0 Å². The lowest BCUT2D eigenvalue weighted by Crippen LogP contribution is -2.37. The minimum absolute atomic E-state index is 0.175. The van der Waals surface area contributed by atoms with Crippen molar-refractivity contribution in [2.24, 2.45) is 5.92 Å². The summed E-state index contributed by atoms with van der Waals surface area (Å²) >= 11 is 0. The second-order valence-electron chi connectivity index (χ2n) is 6.10. The van der Waals surface area contributed by atoms with Crippen LogP contribution in [0, 0.1) is 11.7 Å². The number of rotatable bonds is 4. The largest absolute Gasteiger partial charge is 0.497 e. The summed E-state index contributed by atoms with van der Waals surface area (Å²) in [5.74, 6) is 0.897. The molecule has 2 unspecified atom stereocenters. The third-order valence-corrected chi connectivity index (χ3v) is 4.86. The standard InChI is InChI=1S/C17H22FNO2/c1-21-13-8-7-12(15(18)10-13)11-19-9-3-5-16(19)14-4-2-6-17(14)20/h7-8,10,14,16H,2-6,9,11H2,1H3. The van der Waals surface area contributed by atoms with Gasteiger partial charge < -0.3 is 4.74 Å². The second-order valence-corrected chi connectivity index (χ2v) is 6.10. The molecule has 2 aliphatic rings. The van der Waals surface area contributed by atoms with E-state index in [1.54, 1.807) is 12.1 Å². The van der Waals surface area contributed by atoms with Gasteiger partial charge in [-0.1, -0.05) is 6.07 Å². The molecule has 1 aliphatic heterocycles. The summed E-state index contributed by atoms with van der Waals surface area (Å²) in [5, 5.41) is 0. The minimum Gasteiger partial charge on any atom is -0.497 e. The monoisotopic (exact) mass is 291 g/mol. The Balaban J connectivity index is 1.73. The fourth-order valence-electron chi connectivity index (χ4n) is 3.76. The van der Waals surface area contributed by atoms with Gasteiger partial charge in [-0.05, 0) is 38.3 Å². The Bertz CT molecular complexity index is 532. The highest BCUT2D eigenvalue weighted by molar-refractivity contribution is 5.83. The van der Waals surface area contributed by atoms with Gasteiger partial charge >= 0.3 is 0 Å². The zero-order chi connectivity index (χ0) is 14.8. The predicted molar refractivity (Wildman–Crippen MR) is 78.7 cm³/mol. The first-order valence-electron chi connectivity index (χ1n) is 7.78. The van der Waals surface area contributed by atoms with Crippen molar-refractivity contribution in [3.63, 3.8) is 0 Å². The maximum absolute atomic E-state index is 14.1. The number of hydrogen-bond donors (Lipinski definition) is 0. The van der Waals surface area contributed by atoms with E-state index in [4.69, 9.17) is 4.74 Å². The molecule has 2 atom stereocenters. The molecular weight excluding hydrogens is 269 g/mol. The quantitative estimate of drug-likeness (QED) is 0.853. The van der Waals surface area contributed by atoms with Crippen LogP contribution in [0.5, 0.6) is 5.75 Å². The molecule has 0 spiro atoms. The fourth-order valence-corrected chi connectivity index (χ4v) is 3.76. The molecule has 0 bridgehead atoms. The Kier molecular flexibility index (Phi) is 4.24. The van der Waals surface area contributed by atoms with Crippen LogP contribution < -0.4 is 4.74 Å². The van der Waals surface area contributed by atoms with Crippen LogP contribution in [0.3, 0.4) is 0 Å². The number of nitrogens with zero attached hydrogens (tertiary/aromatic N) is 1. The topological polar surface area (TPSA) is 29.5 Å². The highest BCUT2D eigenvalue weighted by atomic mass is 19.1. The first kappa shape index (κ1) is 14.5. The third kappa shape index (κ3) is 2.95. The number of halogens is 1. The zero-order valence-electron chi connectivity index (χ0n) is 12.5. The zero-order valence-corrected chi connectivity index (χ0v) is 12.5. The van der Waals surface area contributed by atoms with Crippen LogP contribution in [0.15, 0.2) is 18.2 Å². The van der Waals surface area contributed by atoms with Gasteiger partial charge in [0.15, 0.2) is 0 Å². The molecule has 0 radical (unpaired) electrons. The fraction of sp³-hybridized carbons (Fsp3) is 0.588. The van der Waals surface area contributed by atoms with Crippen molar-refractivity contribution in [1.82, 2.24) is 4.90 Å². The van der Waals surface area contributed by atoms with Gasteiger partial charge in [0.2, 0.25) is 0 Å². The van der Waals surface area contributed by atoms with Crippen molar-refractivity contribution in [3.05, 3.63) is 29.6 Å². The van der Waals surface area contributed by atoms with E-state index >= 15 is 0 Å². The van der Waals surface area contributed by atoms with Crippen molar-refractivity contribution in [1.29, 1.82) is 0 Å². The van der Waals surface area contributed by atoms with Crippen molar-refractivity contribution < 1.29 is 13.9 Å². The van der Waals surface area contributed by atoms with Crippen LogP contribution in [0.25, 0.3) is 0 Å². The van der Waals surface area contributed by atoms with Crippen molar-refractivity contribution in [2.45, 2.75) is 44.7 Å². The Labute approximate surface area is 125 Å². The molecular formula is C17H22FNO2. The molecule has 4 heteroatoms. The van der Waals surface area contributed by atoms with E-state index in [1.165, 1.54) is 13.2 Å². The summed E-state index contributed by atoms with van der Waals surface area (Å²) in [7, 11) is 1.54. The number of hydrogen-bond acceptors (Lipinski definition) is 3. The maximum Gasteiger partial charge on any atom is 0.137 e. The Hall–Kier alpha value is -1.42. The molecule has 1 aromatic carbocycles. The smallest absolute Gasteiger partial charge is 0.137 e. The Morgan fingerprint density at radius 3 is 2.86 bits per heavy atom. The molecule has 1 aromatic rings. The molecule has 1 saturated heterocycles. The van der Waals surface area contributed by atoms with E-state index in [9.17, 15) is 9.18 Å². The van der Waals surface area contributed by atoms with E-state index in [2.05, 4.69) is 4.90 Å². The second kappa shape index (κ2) is 6.14. The molecule has 0 aromatic heterocycles. The van der Waals surface area contributed by atoms with Gasteiger partial charge in [0, 0.05) is 36.6 Å². The van der Waals surface area contributed by atoms with Gasteiger partial charge in [0.25, 0.3) is 0 Å². The Morgan fingerprint density at radius 1 is 1.33 bits per heavy atom. The molecule has 114 valence electrons. The average Bonchev–Trinajstić information content (AvgIpc) is 3.09. The summed E-state index contributed by atoms with van der Waals surface area (Å²) in [6, 6.07) is 5.33. The van der Waals surface area contributed by atoms with E-state index in [1.807, 2.05) is 0 Å². The van der Waals surface area contributed by atoms with Gasteiger partial charge in [-0.15, -0.1) is 0 Å². The molecule has 0 amide bonds. The van der Waals surface area contributed by atoms with Gasteiger partial charge in [0.1, 0.15) is 17.3 Å². The molecule has 1 heterocycles. The summed E-state index contributed by atoms with van der Waals surface area (Å²) in [5.41, 5.74) is 0.688. The molecule has 1 aliphatic carbocycles. The predicted octanol–water partition coefficient (Wildman–Crippen LogP) is 3.17. The summed E-state index contributed by atoms with van der Waals surface area (Å²) in [6.07, 6.45) is 4.92. The van der Waals surface area contributed by atoms with Gasteiger partial charge in [-0.2, -0.15) is 0 Å². The van der Waals surface area contributed by atoms with Crippen LogP contribution in [-0.4, -0.2) is 30.4 Å². The van der Waals surface area contributed by atoms with Crippen LogP contribution >= 0.6 is 0 Å². The molecule has 21 heavy (non-hydrogen) atoms. The minimum atomic E-state index is -0.224. The van der Waals surface area contributed by atoms with Crippen molar-refractivity contribution in [3.8, 4) is 5.75 Å². The van der Waals surface area contributed by atoms with Gasteiger partial charge in [0.05, 0.1) is 7.11 Å². The Morgan fingerprint density at radius 2 is 2.19 bits per heavy atom. The SMILES string of the molecule is COc1ccc(CN2CCCC2C2CCCC2=O)c(F)c1. The average molecular weight is 291 g/mol. The van der Waals surface area contributed by atoms with E-state index in [-0.39, 0.29) is 11.7 Å². The van der Waals surface area contributed by atoms with Crippen molar-refractivity contribution >= 4 is 5.78 Å². The van der Waals surface area contributed by atoms with Crippen LogP contribution in [0.4, 0.5) is 4.39 Å². The number of ketones is 1. The summed E-state index contributed by atoms with van der Waals surface area (Å²) in [6.45, 7) is 1.55. The van der Waals surface area contributed by atoms with Crippen LogP contribution in [0.1, 0.15) is 37.7 Å². The highest BCUT2D eigenvalue weighted by Crippen LogP contribution is 2.34. The number of likely N-dealkylation sites (tertiary alicyclic amines) is 1. The highest BCUT2D eigenvalue weighted by Gasteiger charge is 2.38. The van der Waals surface area contributed by atoms with Gasteiger partial charge in [-0.3, -0.25) is 9.69 Å². The van der Waals surface area contributed by atoms with Gasteiger partial charge in [-0.25, -0.2) is 4.39 Å². The molecule has 3 rings (SSSR count). The number of benzene rings is 1. The first-order chi connectivity index (χ1) is 10.2. The number of methoxy groups -OCH3 is 1. The van der Waals surface area contributed by atoms with Crippen LogP contribution in [-0.2, 0) is 11.3 Å². The van der Waals surface area contributed by atoms with E-state index in [0.29, 0.717) is 29.7 Å². The number of carbonyl (C=O) groups is 1. The summed E-state index contributed by atoms with van der Waals surface area (Å²) < 4.78 is 19.1.